The molecule has 2 aromatic rings. The first-order valence-electron chi connectivity index (χ1n) is 6.76. The molecule has 1 aromatic heterocycles. The van der Waals surface area contributed by atoms with Gasteiger partial charge in [0.15, 0.2) is 5.11 Å². The van der Waals surface area contributed by atoms with Gasteiger partial charge in [0.25, 0.3) is 0 Å². The maximum Gasteiger partial charge on any atom is 0.189 e. The van der Waals surface area contributed by atoms with Crippen LogP contribution < -0.4 is 5.43 Å². The van der Waals surface area contributed by atoms with Crippen LogP contribution in [0.25, 0.3) is 10.8 Å². The zero-order valence-electron chi connectivity index (χ0n) is 11.1. The molecular weight excluding hydrogens is 268 g/mol. The molecule has 3 rings (SSSR count). The van der Waals surface area contributed by atoms with Gasteiger partial charge in [-0.25, -0.2) is 0 Å². The summed E-state index contributed by atoms with van der Waals surface area (Å²) in [5.74, 6) is 0. The van der Waals surface area contributed by atoms with Gasteiger partial charge in [0.05, 0.1) is 11.9 Å². The highest BCUT2D eigenvalue weighted by Crippen LogP contribution is 2.14. The Morgan fingerprint density at radius 3 is 2.90 bits per heavy atom. The summed E-state index contributed by atoms with van der Waals surface area (Å²) in [6.07, 6.45) is 5.93. The standard InChI is InChI=1S/C15H16N4S/c20-15(19-9-3-4-10-19)18-17-11-14-13-6-2-1-5-12(13)7-8-16-14/h1-2,5-8,11H,3-4,9-10H2,(H,18,20)/b17-11-. The van der Waals surface area contributed by atoms with Gasteiger partial charge in [-0.1, -0.05) is 24.3 Å². The Labute approximate surface area is 123 Å². The number of rotatable bonds is 2. The number of hydrogen-bond donors (Lipinski definition) is 1. The summed E-state index contributed by atoms with van der Waals surface area (Å²) in [7, 11) is 0. The van der Waals surface area contributed by atoms with Crippen LogP contribution in [0.1, 0.15) is 18.5 Å². The number of pyridine rings is 1. The lowest BCUT2D eigenvalue weighted by atomic mass is 10.1. The minimum atomic E-state index is 0.694. The average molecular weight is 284 g/mol. The van der Waals surface area contributed by atoms with Crippen LogP contribution in [0, 0.1) is 0 Å². The molecule has 1 fully saturated rings. The molecule has 0 spiro atoms. The van der Waals surface area contributed by atoms with E-state index in [2.05, 4.69) is 26.5 Å². The van der Waals surface area contributed by atoms with Crippen molar-refractivity contribution in [1.82, 2.24) is 15.3 Å². The van der Waals surface area contributed by atoms with Gasteiger partial charge in [0, 0.05) is 24.7 Å². The van der Waals surface area contributed by atoms with Gasteiger partial charge in [0.2, 0.25) is 0 Å². The molecule has 102 valence electrons. The second-order valence-electron chi connectivity index (χ2n) is 4.79. The highest BCUT2D eigenvalue weighted by Gasteiger charge is 2.13. The van der Waals surface area contributed by atoms with E-state index in [0.717, 1.165) is 29.6 Å². The molecule has 1 saturated heterocycles. The largest absolute Gasteiger partial charge is 0.348 e. The van der Waals surface area contributed by atoms with Gasteiger partial charge in [0.1, 0.15) is 0 Å². The lowest BCUT2D eigenvalue weighted by Crippen LogP contribution is -2.34. The lowest BCUT2D eigenvalue weighted by molar-refractivity contribution is 0.509. The van der Waals surface area contributed by atoms with E-state index in [1.54, 1.807) is 12.4 Å². The maximum absolute atomic E-state index is 5.31. The zero-order chi connectivity index (χ0) is 13.8. The molecule has 1 aliphatic heterocycles. The highest BCUT2D eigenvalue weighted by atomic mass is 32.1. The molecule has 0 bridgehead atoms. The van der Waals surface area contributed by atoms with Crippen LogP contribution >= 0.6 is 12.2 Å². The van der Waals surface area contributed by atoms with Gasteiger partial charge in [-0.3, -0.25) is 10.4 Å². The van der Waals surface area contributed by atoms with Gasteiger partial charge >= 0.3 is 0 Å². The fourth-order valence-corrected chi connectivity index (χ4v) is 2.62. The molecule has 0 atom stereocenters. The third-order valence-electron chi connectivity index (χ3n) is 3.44. The molecule has 5 heteroatoms. The van der Waals surface area contributed by atoms with Crippen molar-refractivity contribution in [3.8, 4) is 0 Å². The summed E-state index contributed by atoms with van der Waals surface area (Å²) in [5.41, 5.74) is 3.77. The molecular formula is C15H16N4S. The second kappa shape index (κ2) is 5.96. The molecule has 1 N–H and O–H groups in total. The van der Waals surface area contributed by atoms with Gasteiger partial charge < -0.3 is 4.90 Å². The summed E-state index contributed by atoms with van der Waals surface area (Å²) >= 11 is 5.31. The molecule has 2 heterocycles. The Balaban J connectivity index is 1.72. The van der Waals surface area contributed by atoms with Crippen LogP contribution in [0.2, 0.25) is 0 Å². The molecule has 1 aliphatic rings. The summed E-state index contributed by atoms with van der Waals surface area (Å²) < 4.78 is 0. The Hall–Kier alpha value is -2.01. The predicted octanol–water partition coefficient (Wildman–Crippen LogP) is 2.54. The number of hydrogen-bond acceptors (Lipinski definition) is 3. The maximum atomic E-state index is 5.31. The molecule has 0 aliphatic carbocycles. The highest BCUT2D eigenvalue weighted by molar-refractivity contribution is 7.80. The van der Waals surface area contributed by atoms with Crippen LogP contribution in [-0.4, -0.2) is 34.3 Å². The fraction of sp³-hybridized carbons (Fsp3) is 0.267. The van der Waals surface area contributed by atoms with Crippen LogP contribution in [0.3, 0.4) is 0 Å². The minimum absolute atomic E-state index is 0.694. The second-order valence-corrected chi connectivity index (χ2v) is 5.17. The normalized spacial score (nSPS) is 15.1. The third kappa shape index (κ3) is 2.77. The van der Waals surface area contributed by atoms with Crippen molar-refractivity contribution < 1.29 is 0 Å². The van der Waals surface area contributed by atoms with E-state index < -0.39 is 0 Å². The molecule has 0 unspecified atom stereocenters. The molecule has 0 amide bonds. The average Bonchev–Trinajstić information content (AvgIpc) is 3.02. The molecule has 0 radical (unpaired) electrons. The number of benzene rings is 1. The SMILES string of the molecule is S=C(N/N=C\c1nccc2ccccc12)N1CCCC1. The molecule has 0 saturated carbocycles. The monoisotopic (exact) mass is 284 g/mol. The summed E-state index contributed by atoms with van der Waals surface area (Å²) in [6.45, 7) is 2.04. The molecule has 20 heavy (non-hydrogen) atoms. The van der Waals surface area contributed by atoms with Gasteiger partial charge in [-0.15, -0.1) is 0 Å². The number of nitrogens with zero attached hydrogens (tertiary/aromatic N) is 3. The van der Waals surface area contributed by atoms with Crippen molar-refractivity contribution >= 4 is 34.3 Å². The Bertz CT molecular complexity index is 642. The predicted molar refractivity (Wildman–Crippen MR) is 85.9 cm³/mol. The minimum Gasteiger partial charge on any atom is -0.348 e. The van der Waals surface area contributed by atoms with E-state index in [9.17, 15) is 0 Å². The quantitative estimate of drug-likeness (QED) is 0.523. The van der Waals surface area contributed by atoms with E-state index in [0.29, 0.717) is 5.11 Å². The van der Waals surface area contributed by atoms with E-state index in [4.69, 9.17) is 12.2 Å². The van der Waals surface area contributed by atoms with Crippen LogP contribution in [0.5, 0.6) is 0 Å². The van der Waals surface area contributed by atoms with E-state index in [-0.39, 0.29) is 0 Å². The van der Waals surface area contributed by atoms with Crippen molar-refractivity contribution in [2.45, 2.75) is 12.8 Å². The smallest absolute Gasteiger partial charge is 0.189 e. The summed E-state index contributed by atoms with van der Waals surface area (Å²) in [6, 6.07) is 10.1. The van der Waals surface area contributed by atoms with Gasteiger partial charge in [-0.05, 0) is 36.5 Å². The van der Waals surface area contributed by atoms with Crippen LogP contribution in [0.15, 0.2) is 41.6 Å². The fourth-order valence-electron chi connectivity index (χ4n) is 2.39. The first kappa shape index (κ1) is 13.0. The van der Waals surface area contributed by atoms with Crippen molar-refractivity contribution in [2.24, 2.45) is 5.10 Å². The number of thiocarbonyl (C=S) groups is 1. The van der Waals surface area contributed by atoms with Gasteiger partial charge in [-0.2, -0.15) is 5.10 Å². The number of hydrazone groups is 1. The topological polar surface area (TPSA) is 40.5 Å². The first-order valence-corrected chi connectivity index (χ1v) is 7.17. The van der Waals surface area contributed by atoms with Crippen LogP contribution in [-0.2, 0) is 0 Å². The molecule has 4 nitrogen and oxygen atoms in total. The van der Waals surface area contributed by atoms with E-state index in [1.165, 1.54) is 12.8 Å². The third-order valence-corrected chi connectivity index (χ3v) is 3.79. The van der Waals surface area contributed by atoms with E-state index in [1.807, 2.05) is 24.3 Å². The lowest BCUT2D eigenvalue weighted by Gasteiger charge is -2.16. The summed E-state index contributed by atoms with van der Waals surface area (Å²) in [5, 5.41) is 7.16. The van der Waals surface area contributed by atoms with Crippen molar-refractivity contribution in [2.75, 3.05) is 13.1 Å². The zero-order valence-corrected chi connectivity index (χ0v) is 11.9. The Morgan fingerprint density at radius 2 is 2.05 bits per heavy atom. The number of aromatic nitrogens is 1. The number of fused-ring (bicyclic) bond motifs is 1. The first-order chi connectivity index (χ1) is 9.84. The van der Waals surface area contributed by atoms with Crippen molar-refractivity contribution in [3.05, 3.63) is 42.2 Å². The Kier molecular flexibility index (Phi) is 3.87. The van der Waals surface area contributed by atoms with Crippen molar-refractivity contribution in [3.63, 3.8) is 0 Å². The number of likely N-dealkylation sites (tertiary alicyclic amines) is 1. The Morgan fingerprint density at radius 1 is 1.25 bits per heavy atom. The summed E-state index contributed by atoms with van der Waals surface area (Å²) in [4.78, 5) is 6.50. The molecule has 1 aromatic carbocycles. The van der Waals surface area contributed by atoms with Crippen molar-refractivity contribution in [1.29, 1.82) is 0 Å². The number of nitrogens with one attached hydrogen (secondary N) is 1. The van der Waals surface area contributed by atoms with Crippen LogP contribution in [0.4, 0.5) is 0 Å². The van der Waals surface area contributed by atoms with E-state index >= 15 is 0 Å².